The van der Waals surface area contributed by atoms with Gasteiger partial charge in [0, 0.05) is 0 Å². The van der Waals surface area contributed by atoms with E-state index in [9.17, 15) is 0 Å². The van der Waals surface area contributed by atoms with Crippen molar-refractivity contribution >= 4 is 15.8 Å². The van der Waals surface area contributed by atoms with Gasteiger partial charge in [-0.1, -0.05) is 0 Å². The molecular formula is C36H52FeP2. The van der Waals surface area contributed by atoms with Gasteiger partial charge >= 0.3 is 231 Å². The Morgan fingerprint density at radius 1 is 0.487 bits per heavy atom. The quantitative estimate of drug-likeness (QED) is 0.210. The fourth-order valence-corrected chi connectivity index (χ4v) is 140. The molecule has 0 aromatic rings. The van der Waals surface area contributed by atoms with Crippen molar-refractivity contribution in [3.05, 3.63) is 0 Å². The van der Waals surface area contributed by atoms with Gasteiger partial charge in [-0.2, -0.15) is 0 Å². The second-order valence-corrected chi connectivity index (χ2v) is 53.8. The molecule has 0 amide bonds. The van der Waals surface area contributed by atoms with E-state index in [2.05, 4.69) is 27.7 Å². The number of fused-ring (bicyclic) bond motifs is 10. The summed E-state index contributed by atoms with van der Waals surface area (Å²) in [5, 5.41) is 1.85. The van der Waals surface area contributed by atoms with Crippen molar-refractivity contribution in [1.82, 2.24) is 0 Å². The van der Waals surface area contributed by atoms with E-state index in [1.807, 2.05) is 0 Å². The van der Waals surface area contributed by atoms with E-state index in [4.69, 9.17) is 0 Å². The van der Waals surface area contributed by atoms with Gasteiger partial charge in [-0.25, -0.2) is 0 Å². The van der Waals surface area contributed by atoms with Crippen LogP contribution in [0.3, 0.4) is 0 Å². The summed E-state index contributed by atoms with van der Waals surface area (Å²) in [5.41, 5.74) is 2.09. The van der Waals surface area contributed by atoms with Crippen LogP contribution in [0.25, 0.3) is 0 Å². The van der Waals surface area contributed by atoms with E-state index in [1.54, 1.807) is 81.9 Å². The summed E-state index contributed by atoms with van der Waals surface area (Å²) in [5.74, 6) is 7.15. The molecule has 8 saturated carbocycles. The van der Waals surface area contributed by atoms with Gasteiger partial charge in [0.15, 0.2) is 0 Å². The molecule has 10 saturated heterocycles. The third kappa shape index (κ3) is 0.557. The molecule has 8 bridgehead atoms. The van der Waals surface area contributed by atoms with Gasteiger partial charge < -0.3 is 0 Å². The Hall–Kier alpha value is 1.38. The molecule has 0 aromatic heterocycles. The fourth-order valence-electron chi connectivity index (χ4n) is 28.9. The molecule has 5 atom stereocenters. The van der Waals surface area contributed by atoms with Crippen LogP contribution in [0.2, 0.25) is 38.5 Å². The normalized spacial score (nSPS) is 90.1. The maximum atomic E-state index is 2.79. The second-order valence-electron chi connectivity index (χ2n) is 22.9. The van der Waals surface area contributed by atoms with Crippen molar-refractivity contribution in [1.29, 1.82) is 0 Å². The molecule has 3 heteroatoms. The molecule has 8 aliphatic carbocycles. The molecule has 18 aliphatic rings. The van der Waals surface area contributed by atoms with Gasteiger partial charge in [-0.3, -0.25) is 0 Å². The van der Waals surface area contributed by atoms with Crippen LogP contribution in [0.4, 0.5) is 0 Å². The summed E-state index contributed by atoms with van der Waals surface area (Å²) >= 11 is 0. The molecule has 0 radical (unpaired) electrons. The Labute approximate surface area is 229 Å². The van der Waals surface area contributed by atoms with E-state index in [0.29, 0.717) is 0 Å². The van der Waals surface area contributed by atoms with Gasteiger partial charge in [0.05, 0.1) is 0 Å². The topological polar surface area (TPSA) is 0 Å². The third-order valence-electron chi connectivity index (χ3n) is 25.5. The Morgan fingerprint density at radius 2 is 0.821 bits per heavy atom. The van der Waals surface area contributed by atoms with Crippen LogP contribution < -0.4 is 0 Å². The van der Waals surface area contributed by atoms with Crippen molar-refractivity contribution in [3.63, 3.8) is 0 Å². The second kappa shape index (κ2) is 3.12. The Bertz CT molecular complexity index is 1630. The first-order valence-corrected chi connectivity index (χ1v) is 27.4. The van der Waals surface area contributed by atoms with E-state index in [-0.39, 0.29) is 15.8 Å². The van der Waals surface area contributed by atoms with E-state index >= 15 is 0 Å². The zero-order valence-corrected chi connectivity index (χ0v) is 27.9. The molecule has 10 aliphatic heterocycles. The number of rotatable bonds is 6. The first-order chi connectivity index (χ1) is 18.5. The fraction of sp³-hybridized carbons (Fsp3) is 1.00. The average molecular weight is 603 g/mol. The predicted octanol–water partition coefficient (Wildman–Crippen LogP) is 10.9. The molecule has 0 aromatic carbocycles. The predicted molar refractivity (Wildman–Crippen MR) is 161 cm³/mol. The molecule has 214 valence electrons. The van der Waals surface area contributed by atoms with Crippen LogP contribution in [0.1, 0.15) is 105 Å². The number of hydrogen-bond donors (Lipinski definition) is 0. The minimum absolute atomic E-state index is 0.256. The molecule has 39 heavy (non-hydrogen) atoms. The Morgan fingerprint density at radius 3 is 1.10 bits per heavy atom. The van der Waals surface area contributed by atoms with Crippen molar-refractivity contribution in [3.8, 4) is 0 Å². The van der Waals surface area contributed by atoms with Crippen molar-refractivity contribution in [2.45, 2.75) is 173 Å². The van der Waals surface area contributed by atoms with Crippen LogP contribution in [0.5, 0.6) is 0 Å². The molecule has 0 N–H and O–H groups in total. The minimum atomic E-state index is -3.54. The molecule has 5 unspecified atom stereocenters. The molecular weight excluding hydrogens is 550 g/mol. The van der Waals surface area contributed by atoms with Gasteiger partial charge in [-0.15, -0.1) is 0 Å². The van der Waals surface area contributed by atoms with Crippen LogP contribution in [0, 0.1) is 35.5 Å². The summed E-state index contributed by atoms with van der Waals surface area (Å²) in [7, 11) is 0.516. The van der Waals surface area contributed by atoms with Gasteiger partial charge in [0.1, 0.15) is 0 Å². The van der Waals surface area contributed by atoms with Crippen molar-refractivity contribution in [2.24, 2.45) is 35.5 Å². The van der Waals surface area contributed by atoms with Gasteiger partial charge in [-0.05, 0) is 0 Å². The van der Waals surface area contributed by atoms with Crippen molar-refractivity contribution in [2.75, 3.05) is 0 Å². The first-order valence-electron chi connectivity index (χ1n) is 18.3. The van der Waals surface area contributed by atoms with Crippen LogP contribution in [-0.2, 0) is 6.51 Å². The van der Waals surface area contributed by atoms with Gasteiger partial charge in [0.2, 0.25) is 0 Å². The number of hydrogen-bond acceptors (Lipinski definition) is 0. The monoisotopic (exact) mass is 602 g/mol. The zero-order valence-electron chi connectivity index (χ0n) is 25.0. The van der Waals surface area contributed by atoms with Gasteiger partial charge in [0.25, 0.3) is 0 Å². The summed E-state index contributed by atoms with van der Waals surface area (Å²) < 4.78 is 2.33. The standard InChI is InChI=1S/C31H47P2.C5H5.Fe/c1-20(2)32(21(3)4)28-6-5-7-29(28)33(30-14-22-8-23(15-30)10-24(9-22)16-30)31-17-25-11-26(18-31)13-27(12-25)19-31;1-2-4-5-3-1;/h5-7,20-27H,8-19H2,1-4H3;1-5H;. The van der Waals surface area contributed by atoms with Crippen LogP contribution >= 0.6 is 15.8 Å². The maximum absolute atomic E-state index is 3.54. The molecule has 10 heterocycles. The molecule has 1 spiro atoms. The Balaban J connectivity index is 1.05. The Kier molecular flexibility index (Phi) is 1.63. The molecule has 18 rings (SSSR count). The summed E-state index contributed by atoms with van der Waals surface area (Å²) in [6, 6.07) is 0. The summed E-state index contributed by atoms with van der Waals surface area (Å²) in [4.78, 5) is 12.3. The van der Waals surface area contributed by atoms with E-state index in [1.165, 1.54) is 73.3 Å². The zero-order chi connectivity index (χ0) is 25.2. The first kappa shape index (κ1) is 20.4. The molecule has 0 nitrogen and oxygen atoms in total. The molecule has 18 fully saturated rings. The third-order valence-corrected chi connectivity index (χ3v) is 84.5. The summed E-state index contributed by atoms with van der Waals surface area (Å²) in [6.07, 6.45) is 21.0. The van der Waals surface area contributed by atoms with E-state index in [0.717, 1.165) is 25.7 Å². The SMILES string of the molecule is CC(C)P(C(C)C)[C]12[CH]3[CH]4[CH]5[C]1(P(C16CC7CC(CC(C7)C1)C6)C16CC7CC(CC(C7)C1)C6)[Fe]43521678[CH]2[CH]1[CH]6[CH]7[CH]28. The van der Waals surface area contributed by atoms with E-state index < -0.39 is 6.51 Å². The van der Waals surface area contributed by atoms with Crippen LogP contribution in [-0.4, -0.2) is 29.7 Å². The average Bonchev–Trinajstić information content (AvgIpc) is 3.78. The summed E-state index contributed by atoms with van der Waals surface area (Å²) in [6.45, 7) is 7.64. The van der Waals surface area contributed by atoms with Crippen molar-refractivity contribution < 1.29 is 6.51 Å². The van der Waals surface area contributed by atoms with Crippen LogP contribution in [0.15, 0.2) is 0 Å².